The number of likely N-dealkylation sites (N-methyl/N-ethyl adjacent to an activating group) is 1. The Morgan fingerprint density at radius 3 is 2.50 bits per heavy atom. The number of carbonyl (C=O) groups excluding carboxylic acids is 3. The topological polar surface area (TPSA) is 90.9 Å². The molecule has 1 fully saturated rings. The molecule has 2 aliphatic heterocycles. The van der Waals surface area contributed by atoms with Crippen LogP contribution in [0.15, 0.2) is 53.5 Å². The van der Waals surface area contributed by atoms with Gasteiger partial charge >= 0.3 is 6.03 Å². The summed E-state index contributed by atoms with van der Waals surface area (Å²) < 4.78 is 14.6. The van der Waals surface area contributed by atoms with Gasteiger partial charge in [0.1, 0.15) is 11.9 Å². The fourth-order valence-electron chi connectivity index (χ4n) is 3.44. The Bertz CT molecular complexity index is 1060. The van der Waals surface area contributed by atoms with E-state index < -0.39 is 30.0 Å². The zero-order valence-corrected chi connectivity index (χ0v) is 16.9. The average Bonchev–Trinajstić information content (AvgIpc) is 3.11. The molecule has 154 valence electrons. The quantitative estimate of drug-likeness (QED) is 0.788. The number of urea groups is 1. The Hall–Kier alpha value is -3.20. The molecule has 2 N–H and O–H groups in total. The number of anilines is 1. The van der Waals surface area contributed by atoms with Crippen LogP contribution in [-0.2, 0) is 9.59 Å². The lowest BCUT2D eigenvalue weighted by atomic mass is 10.00. The number of benzodiazepines with no additional fused rings is 1. The van der Waals surface area contributed by atoms with Crippen molar-refractivity contribution < 1.29 is 18.8 Å². The number of nitrogens with zero attached hydrogens (tertiary/aromatic N) is 2. The lowest BCUT2D eigenvalue weighted by Crippen LogP contribution is -2.52. The minimum absolute atomic E-state index is 0.114. The molecular formula is C21H19FN4O3S. The SMILES string of the molecule is CN1C(=O)C(NC(=O)NC2CCSC2=O)N=C(c2ccccc2F)c2ccccc21. The van der Waals surface area contributed by atoms with E-state index in [4.69, 9.17) is 0 Å². The Kier molecular flexibility index (Phi) is 5.54. The van der Waals surface area contributed by atoms with Gasteiger partial charge < -0.3 is 15.5 Å². The smallest absolute Gasteiger partial charge is 0.317 e. The molecule has 4 rings (SSSR count). The number of fused-ring (bicyclic) bond motifs is 1. The zero-order valence-electron chi connectivity index (χ0n) is 16.1. The summed E-state index contributed by atoms with van der Waals surface area (Å²) in [5, 5.41) is 5.00. The minimum atomic E-state index is -1.28. The molecule has 0 radical (unpaired) electrons. The van der Waals surface area contributed by atoms with Crippen LogP contribution in [0.4, 0.5) is 14.9 Å². The predicted molar refractivity (Wildman–Crippen MR) is 113 cm³/mol. The number of benzene rings is 2. The van der Waals surface area contributed by atoms with Gasteiger partial charge in [0.15, 0.2) is 0 Å². The summed E-state index contributed by atoms with van der Waals surface area (Å²) in [6.45, 7) is 0. The average molecular weight is 426 g/mol. The van der Waals surface area contributed by atoms with Crippen LogP contribution >= 0.6 is 11.8 Å². The molecule has 7 nitrogen and oxygen atoms in total. The molecule has 0 spiro atoms. The molecule has 3 amide bonds. The molecule has 2 heterocycles. The molecule has 0 bridgehead atoms. The summed E-state index contributed by atoms with van der Waals surface area (Å²) in [4.78, 5) is 43.1. The van der Waals surface area contributed by atoms with E-state index >= 15 is 0 Å². The minimum Gasteiger partial charge on any atom is -0.327 e. The Labute approximate surface area is 176 Å². The van der Waals surface area contributed by atoms with Crippen LogP contribution < -0.4 is 15.5 Å². The van der Waals surface area contributed by atoms with E-state index in [-0.39, 0.29) is 16.4 Å². The Morgan fingerprint density at radius 1 is 1.10 bits per heavy atom. The van der Waals surface area contributed by atoms with Gasteiger partial charge in [-0.15, -0.1) is 0 Å². The van der Waals surface area contributed by atoms with E-state index in [2.05, 4.69) is 15.6 Å². The van der Waals surface area contributed by atoms with Crippen LogP contribution in [0.5, 0.6) is 0 Å². The highest BCUT2D eigenvalue weighted by molar-refractivity contribution is 8.14. The van der Waals surface area contributed by atoms with E-state index in [0.29, 0.717) is 23.4 Å². The highest BCUT2D eigenvalue weighted by atomic mass is 32.2. The molecule has 2 aromatic rings. The van der Waals surface area contributed by atoms with Gasteiger partial charge in [-0.25, -0.2) is 14.2 Å². The molecular weight excluding hydrogens is 407 g/mol. The number of rotatable bonds is 3. The maximum Gasteiger partial charge on any atom is 0.317 e. The van der Waals surface area contributed by atoms with Gasteiger partial charge in [0.05, 0.1) is 11.4 Å². The summed E-state index contributed by atoms with van der Waals surface area (Å²) in [6.07, 6.45) is -0.744. The van der Waals surface area contributed by atoms with E-state index in [1.54, 1.807) is 49.5 Å². The first-order chi connectivity index (χ1) is 14.5. The normalized spacial score (nSPS) is 21.0. The fourth-order valence-corrected chi connectivity index (χ4v) is 4.37. The fraction of sp³-hybridized carbons (Fsp3) is 0.238. The van der Waals surface area contributed by atoms with Crippen molar-refractivity contribution in [1.82, 2.24) is 10.6 Å². The second-order valence-electron chi connectivity index (χ2n) is 6.90. The van der Waals surface area contributed by atoms with Crippen molar-refractivity contribution in [3.05, 3.63) is 65.5 Å². The standard InChI is InChI=1S/C21H19FN4O3S/c1-26-16-9-5-3-7-13(16)17(12-6-2-4-8-14(12)22)24-18(19(26)27)25-21(29)23-15-10-11-30-20(15)28/h2-9,15,18H,10-11H2,1H3,(H2,23,25,29). The second kappa shape index (κ2) is 8.27. The van der Waals surface area contributed by atoms with Crippen LogP contribution in [-0.4, -0.2) is 47.8 Å². The molecule has 1 saturated heterocycles. The van der Waals surface area contributed by atoms with E-state index in [0.717, 1.165) is 11.8 Å². The van der Waals surface area contributed by atoms with Crippen molar-refractivity contribution in [1.29, 1.82) is 0 Å². The molecule has 2 atom stereocenters. The summed E-state index contributed by atoms with van der Waals surface area (Å²) in [5.74, 6) is -0.323. The molecule has 2 unspecified atom stereocenters. The van der Waals surface area contributed by atoms with Crippen molar-refractivity contribution in [3.63, 3.8) is 0 Å². The number of aliphatic imine (C=N–C) groups is 1. The number of para-hydroxylation sites is 1. The summed E-state index contributed by atoms with van der Waals surface area (Å²) in [7, 11) is 1.57. The van der Waals surface area contributed by atoms with E-state index in [1.807, 2.05) is 0 Å². The number of nitrogens with one attached hydrogen (secondary N) is 2. The highest BCUT2D eigenvalue weighted by Gasteiger charge is 2.33. The number of hydrogen-bond acceptors (Lipinski definition) is 5. The van der Waals surface area contributed by atoms with Gasteiger partial charge in [-0.05, 0) is 24.6 Å². The van der Waals surface area contributed by atoms with Crippen molar-refractivity contribution in [2.24, 2.45) is 4.99 Å². The van der Waals surface area contributed by atoms with Gasteiger partial charge in [0, 0.05) is 23.9 Å². The van der Waals surface area contributed by atoms with E-state index in [1.165, 1.54) is 11.0 Å². The lowest BCUT2D eigenvalue weighted by Gasteiger charge is -2.21. The summed E-state index contributed by atoms with van der Waals surface area (Å²) >= 11 is 1.16. The van der Waals surface area contributed by atoms with Crippen molar-refractivity contribution in [2.45, 2.75) is 18.6 Å². The molecule has 0 aromatic heterocycles. The van der Waals surface area contributed by atoms with Gasteiger partial charge in [0.2, 0.25) is 11.3 Å². The summed E-state index contributed by atoms with van der Waals surface area (Å²) in [5.41, 5.74) is 1.61. The first kappa shape index (κ1) is 20.1. The molecule has 9 heteroatoms. The van der Waals surface area contributed by atoms with Crippen LogP contribution in [0.25, 0.3) is 0 Å². The Balaban J connectivity index is 1.71. The zero-order chi connectivity index (χ0) is 21.3. The molecule has 0 aliphatic carbocycles. The van der Waals surface area contributed by atoms with Crippen LogP contribution in [0.3, 0.4) is 0 Å². The molecule has 2 aliphatic rings. The van der Waals surface area contributed by atoms with Gasteiger partial charge in [0.25, 0.3) is 5.91 Å². The second-order valence-corrected chi connectivity index (χ2v) is 8.00. The molecule has 2 aromatic carbocycles. The first-order valence-corrected chi connectivity index (χ1v) is 10.4. The van der Waals surface area contributed by atoms with Crippen LogP contribution in [0, 0.1) is 5.82 Å². The third kappa shape index (κ3) is 3.80. The summed E-state index contributed by atoms with van der Waals surface area (Å²) in [6, 6.07) is 11.9. The highest BCUT2D eigenvalue weighted by Crippen LogP contribution is 2.28. The number of carbonyl (C=O) groups is 3. The van der Waals surface area contributed by atoms with Crippen molar-refractivity contribution >= 4 is 40.2 Å². The van der Waals surface area contributed by atoms with Crippen molar-refractivity contribution in [3.8, 4) is 0 Å². The van der Waals surface area contributed by atoms with Gasteiger partial charge in [-0.2, -0.15) is 0 Å². The number of hydrogen-bond donors (Lipinski definition) is 2. The van der Waals surface area contributed by atoms with Crippen LogP contribution in [0.1, 0.15) is 17.5 Å². The Morgan fingerprint density at radius 2 is 1.80 bits per heavy atom. The molecule has 0 saturated carbocycles. The largest absolute Gasteiger partial charge is 0.327 e. The van der Waals surface area contributed by atoms with E-state index in [9.17, 15) is 18.8 Å². The van der Waals surface area contributed by atoms with Crippen molar-refractivity contribution in [2.75, 3.05) is 17.7 Å². The number of amides is 3. The first-order valence-electron chi connectivity index (χ1n) is 9.39. The predicted octanol–water partition coefficient (Wildman–Crippen LogP) is 2.30. The number of thioether (sulfide) groups is 1. The monoisotopic (exact) mass is 426 g/mol. The lowest BCUT2D eigenvalue weighted by molar-refractivity contribution is -0.119. The third-order valence-corrected chi connectivity index (χ3v) is 5.99. The van der Waals surface area contributed by atoms with Gasteiger partial charge in [-0.1, -0.05) is 42.1 Å². The number of halogens is 1. The maximum atomic E-state index is 14.6. The van der Waals surface area contributed by atoms with Gasteiger partial charge in [-0.3, -0.25) is 9.59 Å². The maximum absolute atomic E-state index is 14.6. The third-order valence-electron chi connectivity index (χ3n) is 4.98. The molecule has 30 heavy (non-hydrogen) atoms. The van der Waals surface area contributed by atoms with Crippen LogP contribution in [0.2, 0.25) is 0 Å².